The number of nitrogens with two attached hydrogens (primary N) is 1. The van der Waals surface area contributed by atoms with Gasteiger partial charge in [0.05, 0.1) is 6.42 Å². The fraction of sp³-hybridized carbons (Fsp3) is 0.448. The van der Waals surface area contributed by atoms with Crippen molar-refractivity contribution in [1.29, 1.82) is 5.41 Å². The van der Waals surface area contributed by atoms with Crippen LogP contribution < -0.4 is 5.73 Å². The molecule has 2 amide bonds. The van der Waals surface area contributed by atoms with Gasteiger partial charge in [-0.2, -0.15) is 0 Å². The van der Waals surface area contributed by atoms with E-state index in [1.54, 1.807) is 9.80 Å². The normalized spacial score (nSPS) is 17.2. The van der Waals surface area contributed by atoms with Crippen LogP contribution in [0, 0.1) is 5.41 Å². The summed E-state index contributed by atoms with van der Waals surface area (Å²) in [6.45, 7) is 4.88. The van der Waals surface area contributed by atoms with Gasteiger partial charge in [0.1, 0.15) is 25.1 Å². The Labute approximate surface area is 234 Å². The van der Waals surface area contributed by atoms with Crippen molar-refractivity contribution in [3.8, 4) is 0 Å². The Hall–Kier alpha value is -3.96. The topological polar surface area (TPSA) is 132 Å². The fourth-order valence-corrected chi connectivity index (χ4v) is 4.88. The molecule has 0 bridgehead atoms. The molecule has 0 radical (unpaired) electrons. The fourth-order valence-electron chi connectivity index (χ4n) is 4.88. The summed E-state index contributed by atoms with van der Waals surface area (Å²) in [7, 11) is 0. The zero-order valence-electron chi connectivity index (χ0n) is 22.7. The van der Waals surface area contributed by atoms with Crippen molar-refractivity contribution in [2.75, 3.05) is 58.9 Å². The number of hydrogen-bond acceptors (Lipinski definition) is 8. The van der Waals surface area contributed by atoms with Crippen LogP contribution in [0.15, 0.2) is 60.7 Å². The molecule has 2 heterocycles. The molecular weight excluding hydrogens is 512 g/mol. The van der Waals surface area contributed by atoms with E-state index in [4.69, 9.17) is 20.6 Å². The molecule has 2 aliphatic heterocycles. The third-order valence-electron chi connectivity index (χ3n) is 7.23. The number of carbonyl (C=O) groups is 3. The summed E-state index contributed by atoms with van der Waals surface area (Å²) >= 11 is 0. The van der Waals surface area contributed by atoms with Crippen LogP contribution in [-0.4, -0.2) is 108 Å². The first-order chi connectivity index (χ1) is 19.4. The van der Waals surface area contributed by atoms with Crippen LogP contribution in [0.2, 0.25) is 0 Å². The van der Waals surface area contributed by atoms with Gasteiger partial charge in [0, 0.05) is 58.9 Å². The number of esters is 1. The van der Waals surface area contributed by atoms with E-state index in [0.717, 1.165) is 11.1 Å². The van der Waals surface area contributed by atoms with Crippen molar-refractivity contribution in [3.63, 3.8) is 0 Å². The molecule has 0 saturated carbocycles. The maximum Gasteiger partial charge on any atom is 0.410 e. The molecule has 0 aliphatic carbocycles. The van der Waals surface area contributed by atoms with E-state index in [1.165, 1.54) is 0 Å². The minimum absolute atomic E-state index is 0.200. The van der Waals surface area contributed by atoms with Gasteiger partial charge in [0.2, 0.25) is 5.91 Å². The maximum atomic E-state index is 13.4. The molecule has 214 valence electrons. The summed E-state index contributed by atoms with van der Waals surface area (Å²) in [6.07, 6.45) is -0.108. The molecule has 11 heteroatoms. The van der Waals surface area contributed by atoms with Gasteiger partial charge in [0.15, 0.2) is 0 Å². The highest BCUT2D eigenvalue weighted by Gasteiger charge is 2.36. The van der Waals surface area contributed by atoms with Crippen molar-refractivity contribution in [2.24, 2.45) is 5.73 Å². The Bertz CT molecular complexity index is 1130. The van der Waals surface area contributed by atoms with Gasteiger partial charge in [-0.3, -0.25) is 24.8 Å². The second kappa shape index (κ2) is 14.4. The van der Waals surface area contributed by atoms with Crippen molar-refractivity contribution >= 4 is 23.8 Å². The molecule has 2 aliphatic rings. The van der Waals surface area contributed by atoms with Crippen molar-refractivity contribution in [1.82, 2.24) is 19.6 Å². The lowest BCUT2D eigenvalue weighted by Gasteiger charge is -2.41. The van der Waals surface area contributed by atoms with Gasteiger partial charge in [-0.15, -0.1) is 0 Å². The molecule has 2 aromatic rings. The predicted molar refractivity (Wildman–Crippen MR) is 149 cm³/mol. The smallest absolute Gasteiger partial charge is 0.410 e. The SMILES string of the molecule is N=C(N)C(C(=O)N1CCN(CCC(=O)OCc2ccccc2)CC1)N1CCN(C(=O)OCc2ccccc2)CC1. The number of carbonyl (C=O) groups excluding carboxylic acids is 3. The van der Waals surface area contributed by atoms with Crippen molar-refractivity contribution in [3.05, 3.63) is 71.8 Å². The van der Waals surface area contributed by atoms with Gasteiger partial charge in [-0.25, -0.2) is 4.79 Å². The van der Waals surface area contributed by atoms with Gasteiger partial charge in [-0.1, -0.05) is 60.7 Å². The van der Waals surface area contributed by atoms with E-state index < -0.39 is 12.1 Å². The average molecular weight is 551 g/mol. The Balaban J connectivity index is 1.18. The Morgan fingerprint density at radius 2 is 1.27 bits per heavy atom. The number of amidine groups is 1. The van der Waals surface area contributed by atoms with Crippen LogP contribution in [0.5, 0.6) is 0 Å². The van der Waals surface area contributed by atoms with E-state index in [-0.39, 0.29) is 37.3 Å². The Kier molecular flexibility index (Phi) is 10.5. The molecule has 3 N–H and O–H groups in total. The number of nitrogens with one attached hydrogen (secondary N) is 1. The van der Waals surface area contributed by atoms with Crippen molar-refractivity contribution < 1.29 is 23.9 Å². The summed E-state index contributed by atoms with van der Waals surface area (Å²) in [5.41, 5.74) is 7.76. The van der Waals surface area contributed by atoms with E-state index in [2.05, 4.69) is 4.90 Å². The lowest BCUT2D eigenvalue weighted by molar-refractivity contribution is -0.146. The molecule has 1 atom stereocenters. The predicted octanol–water partition coefficient (Wildman–Crippen LogP) is 1.52. The summed E-state index contributed by atoms with van der Waals surface area (Å²) < 4.78 is 10.8. The molecular formula is C29H38N6O5. The number of ether oxygens (including phenoxy) is 2. The summed E-state index contributed by atoms with van der Waals surface area (Å²) in [4.78, 5) is 45.4. The highest BCUT2D eigenvalue weighted by atomic mass is 16.6. The minimum Gasteiger partial charge on any atom is -0.461 e. The van der Waals surface area contributed by atoms with Crippen LogP contribution >= 0.6 is 0 Å². The molecule has 1 unspecified atom stereocenters. The summed E-state index contributed by atoms with van der Waals surface area (Å²) in [6, 6.07) is 18.2. The average Bonchev–Trinajstić information content (AvgIpc) is 2.99. The molecule has 11 nitrogen and oxygen atoms in total. The van der Waals surface area contributed by atoms with Gasteiger partial charge in [0.25, 0.3) is 0 Å². The zero-order valence-corrected chi connectivity index (χ0v) is 22.7. The number of rotatable bonds is 10. The molecule has 2 fully saturated rings. The first-order valence-corrected chi connectivity index (χ1v) is 13.6. The third-order valence-corrected chi connectivity index (χ3v) is 7.23. The Morgan fingerprint density at radius 1 is 0.750 bits per heavy atom. The van der Waals surface area contributed by atoms with Crippen LogP contribution in [0.25, 0.3) is 0 Å². The lowest BCUT2D eigenvalue weighted by atomic mass is 10.1. The third kappa shape index (κ3) is 8.27. The van der Waals surface area contributed by atoms with Crippen molar-refractivity contribution in [2.45, 2.75) is 25.7 Å². The maximum absolute atomic E-state index is 13.4. The number of benzene rings is 2. The molecule has 0 aromatic heterocycles. The minimum atomic E-state index is -0.859. The molecule has 2 saturated heterocycles. The number of piperazine rings is 2. The number of nitrogens with zero attached hydrogens (tertiary/aromatic N) is 4. The summed E-state index contributed by atoms with van der Waals surface area (Å²) in [5, 5.41) is 8.11. The zero-order chi connectivity index (χ0) is 28.3. The second-order valence-corrected chi connectivity index (χ2v) is 9.98. The van der Waals surface area contributed by atoms with Gasteiger partial charge in [-0.05, 0) is 11.1 Å². The van der Waals surface area contributed by atoms with Crippen LogP contribution in [0.3, 0.4) is 0 Å². The van der Waals surface area contributed by atoms with E-state index >= 15 is 0 Å². The van der Waals surface area contributed by atoms with Crippen LogP contribution in [0.1, 0.15) is 17.5 Å². The largest absolute Gasteiger partial charge is 0.461 e. The molecule has 4 rings (SSSR count). The highest BCUT2D eigenvalue weighted by Crippen LogP contribution is 2.14. The lowest BCUT2D eigenvalue weighted by Crippen LogP contribution is -2.62. The van der Waals surface area contributed by atoms with Crippen LogP contribution in [0.4, 0.5) is 4.79 Å². The first-order valence-electron chi connectivity index (χ1n) is 13.6. The van der Waals surface area contributed by atoms with E-state index in [1.807, 2.05) is 65.6 Å². The number of hydrogen-bond donors (Lipinski definition) is 2. The number of amides is 2. The van der Waals surface area contributed by atoms with Gasteiger partial charge < -0.3 is 25.0 Å². The first kappa shape index (κ1) is 29.0. The van der Waals surface area contributed by atoms with Gasteiger partial charge >= 0.3 is 12.1 Å². The quantitative estimate of drug-likeness (QED) is 0.259. The standard InChI is InChI=1S/C29H38N6O5/c30-27(31)26(33-17-19-35(20-18-33)29(38)40-22-24-9-5-2-6-10-24)28(37)34-15-13-32(14-16-34)12-11-25(36)39-21-23-7-3-1-4-8-23/h1-10,26H,11-22H2,(H3,30,31). The van der Waals surface area contributed by atoms with E-state index in [0.29, 0.717) is 58.9 Å². The second-order valence-electron chi connectivity index (χ2n) is 9.98. The van der Waals surface area contributed by atoms with E-state index in [9.17, 15) is 14.4 Å². The highest BCUT2D eigenvalue weighted by molar-refractivity contribution is 6.05. The monoisotopic (exact) mass is 550 g/mol. The molecule has 0 spiro atoms. The summed E-state index contributed by atoms with van der Waals surface area (Å²) in [5.74, 6) is -0.648. The molecule has 2 aromatic carbocycles. The van der Waals surface area contributed by atoms with Crippen LogP contribution in [-0.2, 0) is 32.3 Å². The molecule has 40 heavy (non-hydrogen) atoms. The Morgan fingerprint density at radius 3 is 1.82 bits per heavy atom.